The quantitative estimate of drug-likeness (QED) is 0.862. The molecule has 2 N–H and O–H groups in total. The van der Waals surface area contributed by atoms with Crippen LogP contribution >= 0.6 is 0 Å². The second-order valence-corrected chi connectivity index (χ2v) is 5.04. The summed E-state index contributed by atoms with van der Waals surface area (Å²) in [4.78, 5) is 0. The van der Waals surface area contributed by atoms with Crippen molar-refractivity contribution in [2.75, 3.05) is 13.6 Å². The Kier molecular flexibility index (Phi) is 3.31. The number of likely N-dealkylation sites (N-methyl/N-ethyl adjacent to an activating group) is 1. The predicted octanol–water partition coefficient (Wildman–Crippen LogP) is 2.85. The van der Waals surface area contributed by atoms with Gasteiger partial charge in [-0.3, -0.25) is 0 Å². The summed E-state index contributed by atoms with van der Waals surface area (Å²) in [5, 5.41) is 9.79. The fraction of sp³-hybridized carbons (Fsp3) is 0.375. The van der Waals surface area contributed by atoms with Crippen LogP contribution in [0.1, 0.15) is 24.4 Å². The summed E-state index contributed by atoms with van der Waals surface area (Å²) < 4.78 is 0. The lowest BCUT2D eigenvalue weighted by Gasteiger charge is -2.25. The lowest BCUT2D eigenvalue weighted by atomic mass is 9.93. The Morgan fingerprint density at radius 2 is 2.00 bits per heavy atom. The van der Waals surface area contributed by atoms with Crippen molar-refractivity contribution >= 4 is 10.8 Å². The SMILES string of the molecule is CNC(c1cccc2ccccc12)C1CCCN1. The van der Waals surface area contributed by atoms with Crippen LogP contribution in [0, 0.1) is 0 Å². The maximum absolute atomic E-state index is 3.61. The minimum atomic E-state index is 0.401. The third-order valence-electron chi connectivity index (χ3n) is 3.97. The molecule has 1 fully saturated rings. The average Bonchev–Trinajstić information content (AvgIpc) is 2.94. The van der Waals surface area contributed by atoms with Crippen molar-refractivity contribution in [2.24, 2.45) is 0 Å². The molecule has 1 saturated heterocycles. The van der Waals surface area contributed by atoms with Crippen molar-refractivity contribution < 1.29 is 0 Å². The summed E-state index contributed by atoms with van der Waals surface area (Å²) in [5.41, 5.74) is 1.41. The summed E-state index contributed by atoms with van der Waals surface area (Å²) in [6.45, 7) is 1.15. The molecule has 1 heterocycles. The highest BCUT2D eigenvalue weighted by atomic mass is 15.0. The number of hydrogen-bond acceptors (Lipinski definition) is 2. The molecule has 0 spiro atoms. The van der Waals surface area contributed by atoms with Gasteiger partial charge >= 0.3 is 0 Å². The Morgan fingerprint density at radius 1 is 1.17 bits per heavy atom. The molecule has 2 nitrogen and oxygen atoms in total. The first kappa shape index (κ1) is 11.7. The van der Waals surface area contributed by atoms with E-state index in [0.717, 1.165) is 6.54 Å². The molecule has 2 atom stereocenters. The van der Waals surface area contributed by atoms with Crippen LogP contribution in [0.5, 0.6) is 0 Å². The lowest BCUT2D eigenvalue weighted by molar-refractivity contribution is 0.443. The van der Waals surface area contributed by atoms with Gasteiger partial charge in [-0.05, 0) is 42.8 Å². The molecule has 2 unspecified atom stereocenters. The molecule has 0 saturated carbocycles. The van der Waals surface area contributed by atoms with Gasteiger partial charge in [-0.15, -0.1) is 0 Å². The minimum Gasteiger partial charge on any atom is -0.312 e. The number of rotatable bonds is 3. The van der Waals surface area contributed by atoms with Crippen LogP contribution < -0.4 is 10.6 Å². The largest absolute Gasteiger partial charge is 0.312 e. The summed E-state index contributed by atoms with van der Waals surface area (Å²) >= 11 is 0. The Balaban J connectivity index is 2.06. The first-order valence-corrected chi connectivity index (χ1v) is 6.78. The minimum absolute atomic E-state index is 0.401. The summed E-state index contributed by atoms with van der Waals surface area (Å²) in [6, 6.07) is 16.2. The number of nitrogens with one attached hydrogen (secondary N) is 2. The van der Waals surface area contributed by atoms with Gasteiger partial charge in [0.25, 0.3) is 0 Å². The van der Waals surface area contributed by atoms with E-state index in [2.05, 4.69) is 60.1 Å². The second-order valence-electron chi connectivity index (χ2n) is 5.04. The number of benzene rings is 2. The van der Waals surface area contributed by atoms with Gasteiger partial charge in [-0.1, -0.05) is 42.5 Å². The van der Waals surface area contributed by atoms with Crippen LogP contribution in [0.2, 0.25) is 0 Å². The van der Waals surface area contributed by atoms with Gasteiger partial charge < -0.3 is 10.6 Å². The van der Waals surface area contributed by atoms with Crippen molar-refractivity contribution in [1.82, 2.24) is 10.6 Å². The zero-order chi connectivity index (χ0) is 12.4. The molecular formula is C16H20N2. The molecule has 0 bridgehead atoms. The third-order valence-corrected chi connectivity index (χ3v) is 3.97. The van der Waals surface area contributed by atoms with Crippen LogP contribution in [0.4, 0.5) is 0 Å². The van der Waals surface area contributed by atoms with Crippen molar-refractivity contribution in [2.45, 2.75) is 24.9 Å². The molecule has 1 aliphatic rings. The first-order valence-electron chi connectivity index (χ1n) is 6.78. The third kappa shape index (κ3) is 2.02. The monoisotopic (exact) mass is 240 g/mol. The molecule has 94 valence electrons. The molecule has 2 aromatic carbocycles. The Hall–Kier alpha value is -1.38. The van der Waals surface area contributed by atoms with Crippen LogP contribution in [0.15, 0.2) is 42.5 Å². The van der Waals surface area contributed by atoms with Crippen molar-refractivity contribution in [3.63, 3.8) is 0 Å². The van der Waals surface area contributed by atoms with Crippen LogP contribution in [-0.4, -0.2) is 19.6 Å². The van der Waals surface area contributed by atoms with Gasteiger partial charge in [0.1, 0.15) is 0 Å². The van der Waals surface area contributed by atoms with E-state index in [0.29, 0.717) is 12.1 Å². The molecule has 3 rings (SSSR count). The first-order chi connectivity index (χ1) is 8.90. The van der Waals surface area contributed by atoms with E-state index >= 15 is 0 Å². The Morgan fingerprint density at radius 3 is 2.78 bits per heavy atom. The van der Waals surface area contributed by atoms with Crippen molar-refractivity contribution in [3.8, 4) is 0 Å². The smallest absolute Gasteiger partial charge is 0.0479 e. The topological polar surface area (TPSA) is 24.1 Å². The summed E-state index contributed by atoms with van der Waals surface area (Å²) in [7, 11) is 2.06. The van der Waals surface area contributed by atoms with E-state index in [4.69, 9.17) is 0 Å². The molecular weight excluding hydrogens is 220 g/mol. The molecule has 2 heteroatoms. The Labute approximate surface area is 108 Å². The van der Waals surface area contributed by atoms with E-state index in [-0.39, 0.29) is 0 Å². The van der Waals surface area contributed by atoms with Crippen LogP contribution in [0.3, 0.4) is 0 Å². The average molecular weight is 240 g/mol. The van der Waals surface area contributed by atoms with E-state index in [1.54, 1.807) is 0 Å². The van der Waals surface area contributed by atoms with Crippen molar-refractivity contribution in [1.29, 1.82) is 0 Å². The fourth-order valence-electron chi connectivity index (χ4n) is 3.09. The zero-order valence-corrected chi connectivity index (χ0v) is 10.8. The molecule has 18 heavy (non-hydrogen) atoms. The molecule has 0 aliphatic carbocycles. The van der Waals surface area contributed by atoms with Crippen LogP contribution in [-0.2, 0) is 0 Å². The fourth-order valence-corrected chi connectivity index (χ4v) is 3.09. The van der Waals surface area contributed by atoms with E-state index in [1.807, 2.05) is 0 Å². The van der Waals surface area contributed by atoms with Crippen molar-refractivity contribution in [3.05, 3.63) is 48.0 Å². The highest BCUT2D eigenvalue weighted by molar-refractivity contribution is 5.86. The van der Waals surface area contributed by atoms with E-state index < -0.39 is 0 Å². The zero-order valence-electron chi connectivity index (χ0n) is 10.8. The predicted molar refractivity (Wildman–Crippen MR) is 76.8 cm³/mol. The molecule has 0 amide bonds. The molecule has 0 radical (unpaired) electrons. The molecule has 2 aromatic rings. The normalized spacial score (nSPS) is 21.3. The van der Waals surface area contributed by atoms with Gasteiger partial charge in [0.05, 0.1) is 0 Å². The van der Waals surface area contributed by atoms with Crippen LogP contribution in [0.25, 0.3) is 10.8 Å². The maximum Gasteiger partial charge on any atom is 0.0479 e. The number of hydrogen-bond donors (Lipinski definition) is 2. The summed E-state index contributed by atoms with van der Waals surface area (Å²) in [5.74, 6) is 0. The summed E-state index contributed by atoms with van der Waals surface area (Å²) in [6.07, 6.45) is 2.54. The Bertz CT molecular complexity index is 524. The standard InChI is InChI=1S/C16H20N2/c1-17-16(15-10-5-11-18-15)14-9-4-7-12-6-2-3-8-13(12)14/h2-4,6-9,15-18H,5,10-11H2,1H3. The van der Waals surface area contributed by atoms with Gasteiger partial charge in [0.2, 0.25) is 0 Å². The van der Waals surface area contributed by atoms with Gasteiger partial charge in [-0.2, -0.15) is 0 Å². The van der Waals surface area contributed by atoms with E-state index in [9.17, 15) is 0 Å². The van der Waals surface area contributed by atoms with E-state index in [1.165, 1.54) is 29.2 Å². The molecule has 1 aliphatic heterocycles. The highest BCUT2D eigenvalue weighted by Crippen LogP contribution is 2.28. The van der Waals surface area contributed by atoms with Gasteiger partial charge in [0, 0.05) is 12.1 Å². The van der Waals surface area contributed by atoms with Gasteiger partial charge in [0.15, 0.2) is 0 Å². The lowest BCUT2D eigenvalue weighted by Crippen LogP contribution is -2.36. The van der Waals surface area contributed by atoms with Gasteiger partial charge in [-0.25, -0.2) is 0 Å². The second kappa shape index (κ2) is 5.09. The molecule has 0 aromatic heterocycles. The number of fused-ring (bicyclic) bond motifs is 1. The maximum atomic E-state index is 3.61. The highest BCUT2D eigenvalue weighted by Gasteiger charge is 2.25.